The van der Waals surface area contributed by atoms with Gasteiger partial charge in [-0.25, -0.2) is 0 Å². The summed E-state index contributed by atoms with van der Waals surface area (Å²) in [5.41, 5.74) is 2.78. The average Bonchev–Trinajstić information content (AvgIpc) is 2.50. The van der Waals surface area contributed by atoms with Crippen LogP contribution in [0, 0.1) is 0 Å². The molecule has 3 N–H and O–H groups in total. The van der Waals surface area contributed by atoms with Crippen LogP contribution in [0.5, 0.6) is 0 Å². The second kappa shape index (κ2) is 5.54. The van der Waals surface area contributed by atoms with Crippen LogP contribution in [-0.2, 0) is 6.42 Å². The molecule has 0 radical (unpaired) electrons. The molecule has 0 saturated heterocycles. The second-order valence-corrected chi connectivity index (χ2v) is 4.73. The molecular formula is C9H13BrN2S. The first-order chi connectivity index (χ1) is 6.26. The summed E-state index contributed by atoms with van der Waals surface area (Å²) in [5.74, 6) is 5.41. The van der Waals surface area contributed by atoms with Crippen molar-refractivity contribution in [2.75, 3.05) is 0 Å². The smallest absolute Gasteiger partial charge is 0.0293 e. The topological polar surface area (TPSA) is 38.0 Å². The van der Waals surface area contributed by atoms with Crippen LogP contribution in [0.3, 0.4) is 0 Å². The van der Waals surface area contributed by atoms with Gasteiger partial charge in [0.15, 0.2) is 0 Å². The minimum Gasteiger partial charge on any atom is -0.271 e. The lowest BCUT2D eigenvalue weighted by Crippen LogP contribution is -2.36. The zero-order valence-corrected chi connectivity index (χ0v) is 9.70. The maximum Gasteiger partial charge on any atom is 0.0293 e. The van der Waals surface area contributed by atoms with Crippen molar-refractivity contribution in [1.82, 2.24) is 5.43 Å². The van der Waals surface area contributed by atoms with E-state index in [1.165, 1.54) is 4.88 Å². The minimum atomic E-state index is 0.294. The van der Waals surface area contributed by atoms with E-state index in [0.717, 1.165) is 17.3 Å². The number of nitrogens with two attached hydrogens (primary N) is 1. The van der Waals surface area contributed by atoms with Crippen LogP contribution in [-0.4, -0.2) is 6.04 Å². The minimum absolute atomic E-state index is 0.294. The number of halogens is 1. The van der Waals surface area contributed by atoms with Gasteiger partial charge in [-0.3, -0.25) is 11.3 Å². The lowest BCUT2D eigenvalue weighted by atomic mass is 10.1. The molecule has 2 nitrogen and oxygen atoms in total. The van der Waals surface area contributed by atoms with Crippen LogP contribution in [0.4, 0.5) is 0 Å². The summed E-state index contributed by atoms with van der Waals surface area (Å²) in [7, 11) is 0. The van der Waals surface area contributed by atoms with E-state index in [2.05, 4.69) is 39.4 Å². The third-order valence-corrected chi connectivity index (χ3v) is 3.48. The van der Waals surface area contributed by atoms with Gasteiger partial charge in [0.1, 0.15) is 0 Å². The molecule has 1 unspecified atom stereocenters. The Bertz CT molecular complexity index is 272. The first-order valence-corrected chi connectivity index (χ1v) is 5.73. The van der Waals surface area contributed by atoms with Crippen molar-refractivity contribution < 1.29 is 0 Å². The van der Waals surface area contributed by atoms with Gasteiger partial charge in [0.2, 0.25) is 0 Å². The normalized spacial score (nSPS) is 12.8. The molecule has 0 aromatic carbocycles. The third-order valence-electron chi connectivity index (χ3n) is 1.76. The molecule has 72 valence electrons. The van der Waals surface area contributed by atoms with E-state index in [-0.39, 0.29) is 0 Å². The molecule has 13 heavy (non-hydrogen) atoms. The largest absolute Gasteiger partial charge is 0.271 e. The Kier molecular flexibility index (Phi) is 4.66. The zero-order chi connectivity index (χ0) is 9.68. The molecule has 0 aliphatic carbocycles. The summed E-state index contributed by atoms with van der Waals surface area (Å²) >= 11 is 5.16. The lowest BCUT2D eigenvalue weighted by Gasteiger charge is -2.11. The molecule has 1 heterocycles. The van der Waals surface area contributed by atoms with Gasteiger partial charge in [-0.05, 0) is 34.8 Å². The SMILES string of the molecule is C=CCC(Cc1cc(Br)cs1)NN. The van der Waals surface area contributed by atoms with E-state index >= 15 is 0 Å². The summed E-state index contributed by atoms with van der Waals surface area (Å²) in [6.45, 7) is 3.69. The highest BCUT2D eigenvalue weighted by Crippen LogP contribution is 2.21. The van der Waals surface area contributed by atoms with E-state index in [0.29, 0.717) is 6.04 Å². The van der Waals surface area contributed by atoms with Gasteiger partial charge in [0, 0.05) is 20.8 Å². The van der Waals surface area contributed by atoms with Crippen LogP contribution in [0.2, 0.25) is 0 Å². The number of rotatable bonds is 5. The van der Waals surface area contributed by atoms with Crippen molar-refractivity contribution in [3.05, 3.63) is 33.5 Å². The highest BCUT2D eigenvalue weighted by atomic mass is 79.9. The van der Waals surface area contributed by atoms with Gasteiger partial charge in [-0.15, -0.1) is 17.9 Å². The van der Waals surface area contributed by atoms with E-state index in [1.54, 1.807) is 11.3 Å². The van der Waals surface area contributed by atoms with Gasteiger partial charge in [0.05, 0.1) is 0 Å². The van der Waals surface area contributed by atoms with Crippen molar-refractivity contribution in [2.45, 2.75) is 18.9 Å². The first kappa shape index (κ1) is 10.9. The van der Waals surface area contributed by atoms with Gasteiger partial charge in [-0.2, -0.15) is 0 Å². The molecule has 0 fully saturated rings. The zero-order valence-electron chi connectivity index (χ0n) is 7.29. The maximum atomic E-state index is 5.41. The van der Waals surface area contributed by atoms with Crippen molar-refractivity contribution in [3.63, 3.8) is 0 Å². The first-order valence-electron chi connectivity index (χ1n) is 4.06. The van der Waals surface area contributed by atoms with Gasteiger partial charge < -0.3 is 0 Å². The second-order valence-electron chi connectivity index (χ2n) is 2.82. The summed E-state index contributed by atoms with van der Waals surface area (Å²) < 4.78 is 1.14. The molecule has 0 aliphatic heterocycles. The third kappa shape index (κ3) is 3.60. The number of nitrogens with one attached hydrogen (secondary N) is 1. The summed E-state index contributed by atoms with van der Waals surface area (Å²) in [6, 6.07) is 2.42. The molecule has 0 bridgehead atoms. The van der Waals surface area contributed by atoms with E-state index in [4.69, 9.17) is 5.84 Å². The molecule has 1 aromatic heterocycles. The van der Waals surface area contributed by atoms with Crippen molar-refractivity contribution >= 4 is 27.3 Å². The van der Waals surface area contributed by atoms with Crippen LogP contribution in [0.25, 0.3) is 0 Å². The Labute approximate surface area is 90.9 Å². The highest BCUT2D eigenvalue weighted by Gasteiger charge is 2.06. The Morgan fingerprint density at radius 1 is 1.77 bits per heavy atom. The van der Waals surface area contributed by atoms with Gasteiger partial charge in [-0.1, -0.05) is 6.08 Å². The van der Waals surface area contributed by atoms with Crippen LogP contribution in [0.1, 0.15) is 11.3 Å². The summed E-state index contributed by atoms with van der Waals surface area (Å²) in [6.07, 6.45) is 3.73. The predicted molar refractivity (Wildman–Crippen MR) is 61.6 cm³/mol. The van der Waals surface area contributed by atoms with Crippen molar-refractivity contribution in [3.8, 4) is 0 Å². The molecule has 0 saturated carbocycles. The quantitative estimate of drug-likeness (QED) is 0.485. The van der Waals surface area contributed by atoms with Crippen LogP contribution in [0.15, 0.2) is 28.6 Å². The molecule has 0 spiro atoms. The Hall–Kier alpha value is -0.160. The number of hydrogen-bond donors (Lipinski definition) is 2. The lowest BCUT2D eigenvalue weighted by molar-refractivity contribution is 0.534. The summed E-state index contributed by atoms with van der Waals surface area (Å²) in [5, 5.41) is 2.08. The fourth-order valence-electron chi connectivity index (χ4n) is 1.12. The van der Waals surface area contributed by atoms with Crippen molar-refractivity contribution in [2.24, 2.45) is 5.84 Å². The van der Waals surface area contributed by atoms with Gasteiger partial charge in [0.25, 0.3) is 0 Å². The number of hydrazine groups is 1. The van der Waals surface area contributed by atoms with Crippen molar-refractivity contribution in [1.29, 1.82) is 0 Å². The number of thiophene rings is 1. The van der Waals surface area contributed by atoms with E-state index in [1.807, 2.05) is 6.08 Å². The molecule has 0 aliphatic rings. The fraction of sp³-hybridized carbons (Fsp3) is 0.333. The standard InChI is InChI=1S/C9H13BrN2S/c1-2-3-8(12-11)5-9-4-7(10)6-13-9/h2,4,6,8,12H,1,3,5,11H2. The molecule has 4 heteroatoms. The monoisotopic (exact) mass is 260 g/mol. The van der Waals surface area contributed by atoms with E-state index in [9.17, 15) is 0 Å². The summed E-state index contributed by atoms with van der Waals surface area (Å²) in [4.78, 5) is 1.33. The fourth-order valence-corrected chi connectivity index (χ4v) is 2.65. The Morgan fingerprint density at radius 2 is 2.54 bits per heavy atom. The Morgan fingerprint density at radius 3 is 3.00 bits per heavy atom. The van der Waals surface area contributed by atoms with E-state index < -0.39 is 0 Å². The molecule has 0 amide bonds. The average molecular weight is 261 g/mol. The molecule has 1 rings (SSSR count). The maximum absolute atomic E-state index is 5.41. The Balaban J connectivity index is 2.50. The predicted octanol–water partition coefficient (Wildman–Crippen LogP) is 2.46. The van der Waals surface area contributed by atoms with Crippen LogP contribution >= 0.6 is 27.3 Å². The molecular weight excluding hydrogens is 248 g/mol. The van der Waals surface area contributed by atoms with Gasteiger partial charge >= 0.3 is 0 Å². The number of hydrogen-bond acceptors (Lipinski definition) is 3. The molecule has 1 aromatic rings. The molecule has 1 atom stereocenters. The van der Waals surface area contributed by atoms with Crippen LogP contribution < -0.4 is 11.3 Å². The highest BCUT2D eigenvalue weighted by molar-refractivity contribution is 9.10.